The monoisotopic (exact) mass is 659 g/mol. The summed E-state index contributed by atoms with van der Waals surface area (Å²) in [4.78, 5) is 18.7. The Morgan fingerprint density at radius 3 is 2.41 bits per heavy atom. The third kappa shape index (κ3) is 8.90. The van der Waals surface area contributed by atoms with Gasteiger partial charge >= 0.3 is 0 Å². The van der Waals surface area contributed by atoms with Crippen LogP contribution in [0.1, 0.15) is 33.2 Å². The molecule has 5 rings (SSSR count). The van der Waals surface area contributed by atoms with Crippen molar-refractivity contribution >= 4 is 38.4 Å². The van der Waals surface area contributed by atoms with Crippen LogP contribution in [-0.2, 0) is 23.0 Å². The Morgan fingerprint density at radius 1 is 0.957 bits per heavy atom. The number of rotatable bonds is 13. The van der Waals surface area contributed by atoms with Crippen LogP contribution < -0.4 is 9.46 Å². The largest absolute Gasteiger partial charge is 0.457 e. The Labute approximate surface area is 273 Å². The number of nitrogens with zero attached hydrogens (tertiary/aromatic N) is 2. The lowest BCUT2D eigenvalue weighted by atomic mass is 10.0. The molecule has 2 atom stereocenters. The molecule has 1 amide bonds. The van der Waals surface area contributed by atoms with Gasteiger partial charge in [0, 0.05) is 41.3 Å². The molecule has 9 nitrogen and oxygen atoms in total. The van der Waals surface area contributed by atoms with E-state index >= 15 is 0 Å². The molecule has 0 aliphatic heterocycles. The van der Waals surface area contributed by atoms with Gasteiger partial charge in [-0.25, -0.2) is 13.1 Å². The van der Waals surface area contributed by atoms with Crippen LogP contribution in [0.5, 0.6) is 11.5 Å². The van der Waals surface area contributed by atoms with Gasteiger partial charge in [-0.2, -0.15) is 0 Å². The number of sulfonamides is 1. The smallest absolute Gasteiger partial charge is 0.264 e. The van der Waals surface area contributed by atoms with Crippen LogP contribution in [0.4, 0.5) is 0 Å². The van der Waals surface area contributed by atoms with Crippen LogP contribution in [0.25, 0.3) is 10.9 Å². The van der Waals surface area contributed by atoms with E-state index in [0.717, 1.165) is 17.4 Å². The topological polar surface area (TPSA) is 129 Å². The van der Waals surface area contributed by atoms with Crippen molar-refractivity contribution in [3.63, 3.8) is 0 Å². The van der Waals surface area contributed by atoms with Gasteiger partial charge in [0.2, 0.25) is 10.0 Å². The fraction of sp³-hybridized carbons (Fsp3) is 0.200. The van der Waals surface area contributed by atoms with Crippen molar-refractivity contribution in [2.24, 2.45) is 0 Å². The molecule has 0 bridgehead atoms. The molecule has 0 fully saturated rings. The minimum absolute atomic E-state index is 0.111. The minimum Gasteiger partial charge on any atom is -0.457 e. The summed E-state index contributed by atoms with van der Waals surface area (Å²) in [6, 6.07) is 30.7. The molecule has 4 aromatic carbocycles. The average Bonchev–Trinajstić information content (AvgIpc) is 3.03. The number of halogens is 1. The number of hydrogen-bond donors (Lipinski definition) is 3. The van der Waals surface area contributed by atoms with Crippen molar-refractivity contribution in [2.75, 3.05) is 19.4 Å². The first-order valence-electron chi connectivity index (χ1n) is 14.6. The summed E-state index contributed by atoms with van der Waals surface area (Å²) in [6.07, 6.45) is 2.20. The molecule has 1 aromatic heterocycles. The highest BCUT2D eigenvalue weighted by Gasteiger charge is 2.23. The summed E-state index contributed by atoms with van der Waals surface area (Å²) in [5.74, 6) is 0.355. The second kappa shape index (κ2) is 14.8. The Hall–Kier alpha value is -4.32. The molecule has 0 saturated carbocycles. The summed E-state index contributed by atoms with van der Waals surface area (Å²) < 4.78 is 31.0. The van der Waals surface area contributed by atoms with Gasteiger partial charge in [0.25, 0.3) is 5.91 Å². The number of benzene rings is 4. The van der Waals surface area contributed by atoms with E-state index < -0.39 is 22.0 Å². The summed E-state index contributed by atoms with van der Waals surface area (Å²) in [6.45, 7) is 0.729. The fourth-order valence-electron chi connectivity index (χ4n) is 5.18. The second-order valence-corrected chi connectivity index (χ2v) is 13.2. The number of ether oxygens (including phenoxy) is 1. The maximum Gasteiger partial charge on any atom is 0.264 e. The molecule has 5 aromatic rings. The number of pyridine rings is 1. The molecule has 3 N–H and O–H groups in total. The van der Waals surface area contributed by atoms with E-state index in [4.69, 9.17) is 16.3 Å². The molecule has 0 aliphatic rings. The molecule has 0 radical (unpaired) electrons. The normalized spacial score (nSPS) is 13.0. The average molecular weight is 660 g/mol. The van der Waals surface area contributed by atoms with Crippen molar-refractivity contribution in [2.45, 2.75) is 25.1 Å². The first-order valence-corrected chi connectivity index (χ1v) is 16.8. The number of carbonyl (C=O) groups excluding carboxylic acids is 1. The first kappa shape index (κ1) is 33.1. The quantitative estimate of drug-likeness (QED) is 0.151. The summed E-state index contributed by atoms with van der Waals surface area (Å²) in [7, 11) is -3.70. The zero-order chi connectivity index (χ0) is 32.7. The molecule has 46 heavy (non-hydrogen) atoms. The van der Waals surface area contributed by atoms with Gasteiger partial charge in [-0.1, -0.05) is 66.2 Å². The lowest BCUT2D eigenvalue weighted by molar-refractivity contribution is 0.0566. The molecule has 0 spiro atoms. The van der Waals surface area contributed by atoms with Gasteiger partial charge in [-0.15, -0.1) is 0 Å². The van der Waals surface area contributed by atoms with Gasteiger partial charge in [0.05, 0.1) is 24.5 Å². The summed E-state index contributed by atoms with van der Waals surface area (Å²) >= 11 is 6.17. The number of nitrogens with one attached hydrogen (secondary N) is 1. The number of hydrogen-bond acceptors (Lipinski definition) is 8. The highest BCUT2D eigenvalue weighted by molar-refractivity contribution is 7.89. The number of fused-ring (bicyclic) bond motifs is 1. The Bertz CT molecular complexity index is 1910. The Morgan fingerprint density at radius 2 is 1.72 bits per heavy atom. The van der Waals surface area contributed by atoms with Crippen molar-refractivity contribution in [3.8, 4) is 11.5 Å². The minimum atomic E-state index is -3.70. The molecular weight excluding hydrogens is 626 g/mol. The van der Waals surface area contributed by atoms with Crippen molar-refractivity contribution in [1.82, 2.24) is 14.6 Å². The van der Waals surface area contributed by atoms with Crippen LogP contribution in [0, 0.1) is 0 Å². The van der Waals surface area contributed by atoms with Crippen LogP contribution in [0.15, 0.2) is 109 Å². The number of amides is 1. The zero-order valence-electron chi connectivity index (χ0n) is 25.1. The Kier molecular flexibility index (Phi) is 10.7. The summed E-state index contributed by atoms with van der Waals surface area (Å²) in [5.41, 5.74) is 3.38. The SMILES string of the molecule is CS(=O)(=O)NC(=O)c1ccc2c(Oc3ccc(C[C@@H](CO)N(Cc4ccccc4)C[C@@H](O)c4cccc(Cl)c4)cc3)ccnc2c1. The zero-order valence-corrected chi connectivity index (χ0v) is 26.7. The molecule has 238 valence electrons. The Balaban J connectivity index is 1.31. The van der Waals surface area contributed by atoms with Crippen LogP contribution in [0.3, 0.4) is 0 Å². The van der Waals surface area contributed by atoms with E-state index in [-0.39, 0.29) is 18.2 Å². The van der Waals surface area contributed by atoms with Gasteiger partial charge in [-0.05, 0) is 71.6 Å². The molecule has 0 unspecified atom stereocenters. The van der Waals surface area contributed by atoms with E-state index in [2.05, 4.69) is 9.88 Å². The van der Waals surface area contributed by atoms with Crippen LogP contribution in [-0.4, -0.2) is 59.9 Å². The number of aliphatic hydroxyl groups excluding tert-OH is 2. The van der Waals surface area contributed by atoms with Gasteiger partial charge in [0.15, 0.2) is 0 Å². The van der Waals surface area contributed by atoms with Gasteiger partial charge in [-0.3, -0.25) is 14.7 Å². The molecule has 1 heterocycles. The number of aliphatic hydroxyl groups is 2. The first-order chi connectivity index (χ1) is 22.1. The number of aromatic nitrogens is 1. The highest BCUT2D eigenvalue weighted by atomic mass is 35.5. The van der Waals surface area contributed by atoms with Crippen molar-refractivity contribution < 1.29 is 28.2 Å². The lowest BCUT2D eigenvalue weighted by Crippen LogP contribution is -2.41. The summed E-state index contributed by atoms with van der Waals surface area (Å²) in [5, 5.41) is 22.8. The van der Waals surface area contributed by atoms with E-state index in [0.29, 0.717) is 52.5 Å². The lowest BCUT2D eigenvalue weighted by Gasteiger charge is -2.32. The maximum atomic E-state index is 12.3. The fourth-order valence-corrected chi connectivity index (χ4v) is 5.84. The highest BCUT2D eigenvalue weighted by Crippen LogP contribution is 2.30. The second-order valence-electron chi connectivity index (χ2n) is 11.0. The standard InChI is InChI=1S/C35H34ClN3O6S/c1-46(43,44)38-35(42)27-12-15-31-32(20-27)37-17-16-34(31)45-30-13-10-24(11-14-30)18-29(23-40)39(21-25-6-3-2-4-7-25)22-33(41)26-8-5-9-28(36)19-26/h2-17,19-20,29,33,40-41H,18,21-23H2,1H3,(H,38,42)/t29-,33+/m0/s1. The maximum absolute atomic E-state index is 12.3. The van der Waals surface area contributed by atoms with Gasteiger partial charge < -0.3 is 14.9 Å². The predicted molar refractivity (Wildman–Crippen MR) is 178 cm³/mol. The third-order valence-corrected chi connectivity index (χ3v) is 8.25. The molecule has 11 heteroatoms. The van der Waals surface area contributed by atoms with E-state index in [9.17, 15) is 23.4 Å². The van der Waals surface area contributed by atoms with E-state index in [1.54, 1.807) is 30.5 Å². The van der Waals surface area contributed by atoms with E-state index in [1.807, 2.05) is 71.5 Å². The van der Waals surface area contributed by atoms with Crippen LogP contribution >= 0.6 is 11.6 Å². The molecule has 0 aliphatic carbocycles. The molecule has 0 saturated heterocycles. The van der Waals surface area contributed by atoms with Crippen LogP contribution in [0.2, 0.25) is 5.02 Å². The van der Waals surface area contributed by atoms with Crippen molar-refractivity contribution in [3.05, 3.63) is 137 Å². The third-order valence-electron chi connectivity index (χ3n) is 7.46. The van der Waals surface area contributed by atoms with E-state index in [1.165, 1.54) is 12.1 Å². The predicted octanol–water partition coefficient (Wildman–Crippen LogP) is 5.51. The number of carbonyl (C=O) groups is 1. The van der Waals surface area contributed by atoms with Gasteiger partial charge in [0.1, 0.15) is 11.5 Å². The van der Waals surface area contributed by atoms with Crippen molar-refractivity contribution in [1.29, 1.82) is 0 Å². The molecular formula is C35H34ClN3O6S.